The monoisotopic (exact) mass is 272 g/mol. The third-order valence-corrected chi connectivity index (χ3v) is 2.27. The number of halogens is 1. The molecule has 0 aliphatic carbocycles. The molecular formula is C11H13BrO3. The lowest BCUT2D eigenvalue weighted by Gasteiger charge is -2.12. The minimum absolute atomic E-state index is 0.0151. The van der Waals surface area contributed by atoms with Gasteiger partial charge in [-0.3, -0.25) is 4.79 Å². The summed E-state index contributed by atoms with van der Waals surface area (Å²) in [6.45, 7) is 1.66. The number of carbonyl (C=O) groups excluding carboxylic acids is 1. The minimum atomic E-state index is -0.763. The molecule has 0 fully saturated rings. The molecule has 2 unspecified atom stereocenters. The van der Waals surface area contributed by atoms with Crippen molar-refractivity contribution in [2.45, 2.75) is 17.9 Å². The largest absolute Gasteiger partial charge is 0.462 e. The van der Waals surface area contributed by atoms with Gasteiger partial charge in [-0.1, -0.05) is 46.3 Å². The van der Waals surface area contributed by atoms with E-state index < -0.39 is 6.10 Å². The Hall–Kier alpha value is -0.870. The number of esters is 1. The van der Waals surface area contributed by atoms with Gasteiger partial charge < -0.3 is 9.84 Å². The summed E-state index contributed by atoms with van der Waals surface area (Å²) in [6, 6.07) is 9.09. The first-order chi connectivity index (χ1) is 7.11. The summed E-state index contributed by atoms with van der Waals surface area (Å²) in [5, 5.41) is 9.66. The molecular weight excluding hydrogens is 260 g/mol. The molecule has 1 N–H and O–H groups in total. The van der Waals surface area contributed by atoms with Gasteiger partial charge in [0.2, 0.25) is 0 Å². The van der Waals surface area contributed by atoms with Crippen LogP contribution in [0.15, 0.2) is 30.3 Å². The van der Waals surface area contributed by atoms with E-state index in [4.69, 9.17) is 4.74 Å². The fourth-order valence-electron chi connectivity index (χ4n) is 1.05. The minimum Gasteiger partial charge on any atom is -0.462 e. The fourth-order valence-corrected chi connectivity index (χ4v) is 1.18. The normalized spacial score (nSPS) is 14.3. The molecule has 15 heavy (non-hydrogen) atoms. The van der Waals surface area contributed by atoms with Gasteiger partial charge in [0.15, 0.2) is 0 Å². The lowest BCUT2D eigenvalue weighted by Crippen LogP contribution is -2.18. The van der Waals surface area contributed by atoms with E-state index in [1.807, 2.05) is 18.2 Å². The number of hydrogen-bond donors (Lipinski definition) is 1. The molecule has 1 rings (SSSR count). The van der Waals surface area contributed by atoms with Gasteiger partial charge in [0.1, 0.15) is 17.5 Å². The molecule has 0 amide bonds. The number of aliphatic hydroxyl groups excluding tert-OH is 1. The number of rotatable bonds is 4. The Labute approximate surface area is 97.2 Å². The van der Waals surface area contributed by atoms with Gasteiger partial charge in [-0.25, -0.2) is 0 Å². The summed E-state index contributed by atoms with van der Waals surface area (Å²) in [5.41, 5.74) is 0.743. The highest BCUT2D eigenvalue weighted by molar-refractivity contribution is 9.10. The van der Waals surface area contributed by atoms with Crippen LogP contribution in [0, 0.1) is 0 Å². The standard InChI is InChI=1S/C11H13BrO3/c1-8(12)11(14)15-7-10(13)9-5-3-2-4-6-9/h2-6,8,10,13H,7H2,1H3. The van der Waals surface area contributed by atoms with Crippen LogP contribution in [0.3, 0.4) is 0 Å². The molecule has 0 bridgehead atoms. The van der Waals surface area contributed by atoms with E-state index in [0.29, 0.717) is 0 Å². The number of hydrogen-bond acceptors (Lipinski definition) is 3. The maximum atomic E-state index is 11.1. The zero-order valence-corrected chi connectivity index (χ0v) is 9.98. The van der Waals surface area contributed by atoms with Crippen LogP contribution in [0.1, 0.15) is 18.6 Å². The first-order valence-corrected chi connectivity index (χ1v) is 5.56. The Morgan fingerprint density at radius 3 is 2.60 bits per heavy atom. The Balaban J connectivity index is 2.44. The van der Waals surface area contributed by atoms with E-state index in [1.54, 1.807) is 19.1 Å². The molecule has 0 aromatic heterocycles. The highest BCUT2D eigenvalue weighted by Crippen LogP contribution is 2.13. The first kappa shape index (κ1) is 12.2. The van der Waals surface area contributed by atoms with Crippen molar-refractivity contribution in [2.24, 2.45) is 0 Å². The Bertz CT molecular complexity index is 311. The lowest BCUT2D eigenvalue weighted by atomic mass is 10.1. The molecule has 1 aromatic rings. The maximum Gasteiger partial charge on any atom is 0.319 e. The van der Waals surface area contributed by atoms with Crippen molar-refractivity contribution in [1.82, 2.24) is 0 Å². The number of benzene rings is 1. The highest BCUT2D eigenvalue weighted by atomic mass is 79.9. The smallest absolute Gasteiger partial charge is 0.319 e. The molecule has 0 spiro atoms. The van der Waals surface area contributed by atoms with E-state index >= 15 is 0 Å². The third-order valence-electron chi connectivity index (χ3n) is 1.89. The molecule has 0 saturated heterocycles. The van der Waals surface area contributed by atoms with E-state index in [9.17, 15) is 9.90 Å². The zero-order chi connectivity index (χ0) is 11.3. The van der Waals surface area contributed by atoms with Crippen LogP contribution in [0.2, 0.25) is 0 Å². The predicted octanol–water partition coefficient (Wildman–Crippen LogP) is 2.05. The van der Waals surface area contributed by atoms with Gasteiger partial charge in [-0.2, -0.15) is 0 Å². The Kier molecular flexibility index (Phi) is 4.78. The first-order valence-electron chi connectivity index (χ1n) is 4.65. The second-order valence-electron chi connectivity index (χ2n) is 3.17. The topological polar surface area (TPSA) is 46.5 Å². The van der Waals surface area contributed by atoms with Crippen molar-refractivity contribution in [3.05, 3.63) is 35.9 Å². The quantitative estimate of drug-likeness (QED) is 0.674. The molecule has 82 valence electrons. The van der Waals surface area contributed by atoms with Gasteiger partial charge in [-0.05, 0) is 12.5 Å². The van der Waals surface area contributed by atoms with Gasteiger partial charge in [-0.15, -0.1) is 0 Å². The van der Waals surface area contributed by atoms with Gasteiger partial charge >= 0.3 is 5.97 Å². The van der Waals surface area contributed by atoms with E-state index in [-0.39, 0.29) is 17.4 Å². The van der Waals surface area contributed by atoms with Crippen LogP contribution in [-0.4, -0.2) is 22.5 Å². The van der Waals surface area contributed by atoms with E-state index in [0.717, 1.165) is 5.56 Å². The molecule has 0 heterocycles. The number of alkyl halides is 1. The molecule has 3 nitrogen and oxygen atoms in total. The van der Waals surface area contributed by atoms with E-state index in [2.05, 4.69) is 15.9 Å². The van der Waals surface area contributed by atoms with Crippen LogP contribution in [-0.2, 0) is 9.53 Å². The summed E-state index contributed by atoms with van der Waals surface area (Å²) in [7, 11) is 0. The fraction of sp³-hybridized carbons (Fsp3) is 0.364. The highest BCUT2D eigenvalue weighted by Gasteiger charge is 2.13. The van der Waals surface area contributed by atoms with Crippen molar-refractivity contribution in [3.8, 4) is 0 Å². The molecule has 0 aliphatic heterocycles. The SMILES string of the molecule is CC(Br)C(=O)OCC(O)c1ccccc1. The molecule has 0 aliphatic rings. The van der Waals surface area contributed by atoms with Gasteiger partial charge in [0.25, 0.3) is 0 Å². The van der Waals surface area contributed by atoms with Gasteiger partial charge in [0, 0.05) is 0 Å². The van der Waals surface area contributed by atoms with Gasteiger partial charge in [0.05, 0.1) is 0 Å². The van der Waals surface area contributed by atoms with Crippen molar-refractivity contribution < 1.29 is 14.6 Å². The van der Waals surface area contributed by atoms with Crippen LogP contribution in [0.4, 0.5) is 0 Å². The van der Waals surface area contributed by atoms with Crippen molar-refractivity contribution >= 4 is 21.9 Å². The van der Waals surface area contributed by atoms with Crippen molar-refractivity contribution in [3.63, 3.8) is 0 Å². The van der Waals surface area contributed by atoms with E-state index in [1.165, 1.54) is 0 Å². The average Bonchev–Trinajstić information content (AvgIpc) is 2.26. The number of carbonyl (C=O) groups is 1. The zero-order valence-electron chi connectivity index (χ0n) is 8.39. The molecule has 0 radical (unpaired) electrons. The van der Waals surface area contributed by atoms with Crippen LogP contribution >= 0.6 is 15.9 Å². The summed E-state index contributed by atoms with van der Waals surface area (Å²) in [6.07, 6.45) is -0.763. The second-order valence-corrected chi connectivity index (χ2v) is 4.55. The molecule has 4 heteroatoms. The van der Waals surface area contributed by atoms with Crippen LogP contribution < -0.4 is 0 Å². The molecule has 2 atom stereocenters. The van der Waals surface area contributed by atoms with Crippen molar-refractivity contribution in [2.75, 3.05) is 6.61 Å². The maximum absolute atomic E-state index is 11.1. The third kappa shape index (κ3) is 4.01. The molecule has 1 aromatic carbocycles. The summed E-state index contributed by atoms with van der Waals surface area (Å²) >= 11 is 3.09. The summed E-state index contributed by atoms with van der Waals surface area (Å²) in [5.74, 6) is -0.370. The number of aliphatic hydroxyl groups is 1. The average molecular weight is 273 g/mol. The predicted molar refractivity (Wildman–Crippen MR) is 60.7 cm³/mol. The van der Waals surface area contributed by atoms with Crippen molar-refractivity contribution in [1.29, 1.82) is 0 Å². The number of ether oxygens (including phenoxy) is 1. The molecule has 0 saturated carbocycles. The summed E-state index contributed by atoms with van der Waals surface area (Å²) < 4.78 is 4.88. The Morgan fingerprint density at radius 1 is 1.47 bits per heavy atom. The Morgan fingerprint density at radius 2 is 2.07 bits per heavy atom. The second kappa shape index (κ2) is 5.88. The van der Waals surface area contributed by atoms with Crippen LogP contribution in [0.5, 0.6) is 0 Å². The summed E-state index contributed by atoms with van der Waals surface area (Å²) in [4.78, 5) is 10.8. The van der Waals surface area contributed by atoms with Crippen LogP contribution in [0.25, 0.3) is 0 Å². The lowest BCUT2D eigenvalue weighted by molar-refractivity contribution is -0.145.